The van der Waals surface area contributed by atoms with Crippen LogP contribution in [0.15, 0.2) is 0 Å². The average molecular weight is 196 g/mol. The number of amides is 1. The van der Waals surface area contributed by atoms with Crippen LogP contribution in [0.1, 0.15) is 45.4 Å². The van der Waals surface area contributed by atoms with Crippen molar-refractivity contribution in [1.82, 2.24) is 10.6 Å². The molecule has 1 atom stereocenters. The molecule has 0 spiro atoms. The van der Waals surface area contributed by atoms with E-state index < -0.39 is 0 Å². The highest BCUT2D eigenvalue weighted by atomic mass is 16.2. The van der Waals surface area contributed by atoms with Crippen molar-refractivity contribution < 1.29 is 4.79 Å². The van der Waals surface area contributed by atoms with Crippen molar-refractivity contribution in [3.05, 3.63) is 0 Å². The molecule has 1 saturated heterocycles. The fourth-order valence-corrected chi connectivity index (χ4v) is 2.57. The first-order chi connectivity index (χ1) is 6.70. The number of nitrogens with one attached hydrogen (secondary N) is 2. The molecule has 80 valence electrons. The summed E-state index contributed by atoms with van der Waals surface area (Å²) < 4.78 is 0. The molecule has 0 aromatic rings. The number of carbonyl (C=O) groups excluding carboxylic acids is 1. The summed E-state index contributed by atoms with van der Waals surface area (Å²) in [6.45, 7) is 3.17. The standard InChI is InChI=1S/C11H20N2O/c1-11(6-2-3-7-11)13-10(14)9-5-4-8-12-9/h9,12H,2-8H2,1H3,(H,13,14). The van der Waals surface area contributed by atoms with Crippen LogP contribution in [-0.2, 0) is 4.79 Å². The first-order valence-electron chi connectivity index (χ1n) is 5.75. The minimum absolute atomic E-state index is 0.0763. The van der Waals surface area contributed by atoms with Gasteiger partial charge in [-0.1, -0.05) is 12.8 Å². The zero-order valence-corrected chi connectivity index (χ0v) is 8.94. The van der Waals surface area contributed by atoms with Crippen LogP contribution in [0.2, 0.25) is 0 Å². The maximum Gasteiger partial charge on any atom is 0.237 e. The average Bonchev–Trinajstić information content (AvgIpc) is 2.74. The number of hydrogen-bond donors (Lipinski definition) is 2. The van der Waals surface area contributed by atoms with Crippen molar-refractivity contribution in [2.45, 2.75) is 57.0 Å². The third kappa shape index (κ3) is 2.08. The lowest BCUT2D eigenvalue weighted by molar-refractivity contribution is -0.124. The Morgan fingerprint density at radius 3 is 2.64 bits per heavy atom. The first-order valence-corrected chi connectivity index (χ1v) is 5.75. The molecule has 2 rings (SSSR count). The second-order valence-electron chi connectivity index (χ2n) is 4.91. The van der Waals surface area contributed by atoms with Crippen molar-refractivity contribution in [1.29, 1.82) is 0 Å². The summed E-state index contributed by atoms with van der Waals surface area (Å²) >= 11 is 0. The molecule has 14 heavy (non-hydrogen) atoms. The van der Waals surface area contributed by atoms with E-state index in [-0.39, 0.29) is 17.5 Å². The van der Waals surface area contributed by atoms with Gasteiger partial charge in [0.15, 0.2) is 0 Å². The summed E-state index contributed by atoms with van der Waals surface area (Å²) in [5.41, 5.74) is 0.0847. The van der Waals surface area contributed by atoms with E-state index in [9.17, 15) is 4.79 Å². The van der Waals surface area contributed by atoms with Gasteiger partial charge in [0.05, 0.1) is 6.04 Å². The SMILES string of the molecule is CC1(NC(=O)C2CCCN2)CCCC1. The molecule has 0 aromatic carbocycles. The number of rotatable bonds is 2. The Hall–Kier alpha value is -0.570. The number of hydrogen-bond acceptors (Lipinski definition) is 2. The lowest BCUT2D eigenvalue weighted by atomic mass is 10.00. The Labute approximate surface area is 85.6 Å². The molecule has 2 aliphatic rings. The summed E-state index contributed by atoms with van der Waals surface area (Å²) in [5, 5.41) is 6.43. The van der Waals surface area contributed by atoms with Crippen LogP contribution >= 0.6 is 0 Å². The summed E-state index contributed by atoms with van der Waals surface area (Å²) in [7, 11) is 0. The fourth-order valence-electron chi connectivity index (χ4n) is 2.57. The second kappa shape index (κ2) is 3.89. The van der Waals surface area contributed by atoms with Crippen LogP contribution in [0.3, 0.4) is 0 Å². The van der Waals surface area contributed by atoms with Gasteiger partial charge in [0.1, 0.15) is 0 Å². The molecule has 1 saturated carbocycles. The van der Waals surface area contributed by atoms with Gasteiger partial charge in [-0.15, -0.1) is 0 Å². The molecule has 2 N–H and O–H groups in total. The van der Waals surface area contributed by atoms with Gasteiger partial charge in [-0.2, -0.15) is 0 Å². The third-order valence-corrected chi connectivity index (χ3v) is 3.51. The Bertz CT molecular complexity index is 215. The van der Waals surface area contributed by atoms with Gasteiger partial charge in [-0.3, -0.25) is 4.79 Å². The van der Waals surface area contributed by atoms with Gasteiger partial charge < -0.3 is 10.6 Å². The normalized spacial score (nSPS) is 30.5. The quantitative estimate of drug-likeness (QED) is 0.696. The van der Waals surface area contributed by atoms with Crippen LogP contribution in [-0.4, -0.2) is 24.0 Å². The van der Waals surface area contributed by atoms with Gasteiger partial charge in [0.25, 0.3) is 0 Å². The summed E-state index contributed by atoms with van der Waals surface area (Å²) in [5.74, 6) is 0.215. The molecule has 2 fully saturated rings. The van der Waals surface area contributed by atoms with Gasteiger partial charge in [0.2, 0.25) is 5.91 Å². The van der Waals surface area contributed by atoms with Crippen LogP contribution < -0.4 is 10.6 Å². The van der Waals surface area contributed by atoms with Gasteiger partial charge >= 0.3 is 0 Å². The Balaban J connectivity index is 1.86. The van der Waals surface area contributed by atoms with E-state index in [1.165, 1.54) is 12.8 Å². The molecular formula is C11H20N2O. The summed E-state index contributed by atoms with van der Waals surface area (Å²) in [6, 6.07) is 0.0763. The molecule has 1 amide bonds. The van der Waals surface area contributed by atoms with Crippen molar-refractivity contribution in [2.75, 3.05) is 6.54 Å². The van der Waals surface area contributed by atoms with Gasteiger partial charge in [-0.25, -0.2) is 0 Å². The largest absolute Gasteiger partial charge is 0.350 e. The van der Waals surface area contributed by atoms with Crippen LogP contribution in [0, 0.1) is 0 Å². The lowest BCUT2D eigenvalue weighted by Gasteiger charge is -2.27. The van der Waals surface area contributed by atoms with E-state index in [1.54, 1.807) is 0 Å². The fraction of sp³-hybridized carbons (Fsp3) is 0.909. The molecular weight excluding hydrogens is 176 g/mol. The number of carbonyl (C=O) groups is 1. The van der Waals surface area contributed by atoms with E-state index in [2.05, 4.69) is 17.6 Å². The van der Waals surface area contributed by atoms with Crippen LogP contribution in [0.25, 0.3) is 0 Å². The van der Waals surface area contributed by atoms with Crippen molar-refractivity contribution >= 4 is 5.91 Å². The molecule has 0 radical (unpaired) electrons. The maximum absolute atomic E-state index is 11.8. The Kier molecular flexibility index (Phi) is 2.77. The predicted molar refractivity (Wildman–Crippen MR) is 56.0 cm³/mol. The minimum Gasteiger partial charge on any atom is -0.350 e. The summed E-state index contributed by atoms with van der Waals surface area (Å²) in [6.07, 6.45) is 6.94. The monoisotopic (exact) mass is 196 g/mol. The summed E-state index contributed by atoms with van der Waals surface area (Å²) in [4.78, 5) is 11.8. The van der Waals surface area contributed by atoms with Crippen LogP contribution in [0.4, 0.5) is 0 Å². The second-order valence-corrected chi connectivity index (χ2v) is 4.91. The van der Waals surface area contributed by atoms with E-state index in [0.29, 0.717) is 0 Å². The smallest absolute Gasteiger partial charge is 0.237 e. The van der Waals surface area contributed by atoms with E-state index in [4.69, 9.17) is 0 Å². The topological polar surface area (TPSA) is 41.1 Å². The highest BCUT2D eigenvalue weighted by Crippen LogP contribution is 2.29. The first kappa shape index (κ1) is 9.97. The van der Waals surface area contributed by atoms with Crippen molar-refractivity contribution in [2.24, 2.45) is 0 Å². The van der Waals surface area contributed by atoms with Gasteiger partial charge in [-0.05, 0) is 39.2 Å². The highest BCUT2D eigenvalue weighted by Gasteiger charge is 2.33. The molecule has 1 heterocycles. The Morgan fingerprint density at radius 2 is 2.07 bits per heavy atom. The molecule has 1 unspecified atom stereocenters. The zero-order valence-electron chi connectivity index (χ0n) is 8.94. The maximum atomic E-state index is 11.8. The molecule has 0 bridgehead atoms. The van der Waals surface area contributed by atoms with Crippen LogP contribution in [0.5, 0.6) is 0 Å². The zero-order chi connectivity index (χ0) is 10.0. The molecule has 3 heteroatoms. The molecule has 1 aliphatic carbocycles. The van der Waals surface area contributed by atoms with Gasteiger partial charge in [0, 0.05) is 5.54 Å². The van der Waals surface area contributed by atoms with Crippen molar-refractivity contribution in [3.63, 3.8) is 0 Å². The molecule has 3 nitrogen and oxygen atoms in total. The minimum atomic E-state index is 0.0763. The molecule has 0 aromatic heterocycles. The van der Waals surface area contributed by atoms with E-state index in [0.717, 1.165) is 32.2 Å². The van der Waals surface area contributed by atoms with E-state index >= 15 is 0 Å². The third-order valence-electron chi connectivity index (χ3n) is 3.51. The highest BCUT2D eigenvalue weighted by molar-refractivity contribution is 5.82. The van der Waals surface area contributed by atoms with E-state index in [1.807, 2.05) is 0 Å². The Morgan fingerprint density at radius 1 is 1.36 bits per heavy atom. The predicted octanol–water partition coefficient (Wildman–Crippen LogP) is 1.19. The van der Waals surface area contributed by atoms with Crippen molar-refractivity contribution in [3.8, 4) is 0 Å². The lowest BCUT2D eigenvalue weighted by Crippen LogP contribution is -2.50. The molecule has 1 aliphatic heterocycles.